The maximum atomic E-state index is 10.2. The first-order valence-electron chi connectivity index (χ1n) is 8.39. The maximum absolute atomic E-state index is 10.2. The van der Waals surface area contributed by atoms with Gasteiger partial charge in [-0.25, -0.2) is 4.79 Å². The number of aliphatic hydroxyl groups is 1. The van der Waals surface area contributed by atoms with Crippen LogP contribution in [0.3, 0.4) is 0 Å². The second-order valence-corrected chi connectivity index (χ2v) is 5.59. The van der Waals surface area contributed by atoms with Crippen LogP contribution in [-0.4, -0.2) is 22.3 Å². The fraction of sp³-hybridized carbons (Fsp3) is 0.722. The molecule has 0 saturated heterocycles. The molecule has 3 nitrogen and oxygen atoms in total. The summed E-state index contributed by atoms with van der Waals surface area (Å²) >= 11 is 0. The number of aliphatic hydroxyl groups excluding tert-OH is 1. The van der Waals surface area contributed by atoms with Gasteiger partial charge in [-0.05, 0) is 38.5 Å². The summed E-state index contributed by atoms with van der Waals surface area (Å²) in [4.78, 5) is 10.2. The quantitative estimate of drug-likeness (QED) is 0.273. The molecule has 0 fully saturated rings. The second kappa shape index (κ2) is 15.3. The number of hydrogen-bond acceptors (Lipinski definition) is 2. The molecule has 0 spiro atoms. The smallest absolute Gasteiger partial charge is 0.327 e. The van der Waals surface area contributed by atoms with Crippen LogP contribution in [0.5, 0.6) is 0 Å². The predicted molar refractivity (Wildman–Crippen MR) is 88.4 cm³/mol. The minimum Gasteiger partial charge on any atom is -0.478 e. The van der Waals surface area contributed by atoms with E-state index < -0.39 is 5.97 Å². The number of carboxylic acid groups (broad SMARTS) is 1. The summed E-state index contributed by atoms with van der Waals surface area (Å²) in [6.07, 6.45) is 18.7. The molecular formula is C18H32O3. The Morgan fingerprint density at radius 2 is 1.62 bits per heavy atom. The zero-order valence-corrected chi connectivity index (χ0v) is 13.5. The number of carboxylic acids is 1. The van der Waals surface area contributed by atoms with Crippen molar-refractivity contribution in [1.82, 2.24) is 0 Å². The molecule has 0 heterocycles. The molecular weight excluding hydrogens is 264 g/mol. The van der Waals surface area contributed by atoms with Gasteiger partial charge in [-0.3, -0.25) is 0 Å². The third kappa shape index (κ3) is 16.9. The van der Waals surface area contributed by atoms with Gasteiger partial charge in [0.25, 0.3) is 0 Å². The summed E-state index contributed by atoms with van der Waals surface area (Å²) in [5.74, 6) is -0.869. The molecule has 0 radical (unpaired) electrons. The highest BCUT2D eigenvalue weighted by molar-refractivity contribution is 5.79. The topological polar surface area (TPSA) is 57.5 Å². The summed E-state index contributed by atoms with van der Waals surface area (Å²) in [6.45, 7) is 2.20. The molecule has 3 heteroatoms. The average molecular weight is 296 g/mol. The van der Waals surface area contributed by atoms with Crippen LogP contribution in [0.25, 0.3) is 0 Å². The van der Waals surface area contributed by atoms with Crippen molar-refractivity contribution in [2.24, 2.45) is 0 Å². The summed E-state index contributed by atoms with van der Waals surface area (Å²) in [7, 11) is 0. The third-order valence-electron chi connectivity index (χ3n) is 3.47. The Morgan fingerprint density at radius 3 is 2.29 bits per heavy atom. The van der Waals surface area contributed by atoms with E-state index in [2.05, 4.69) is 19.1 Å². The van der Waals surface area contributed by atoms with Gasteiger partial charge in [-0.1, -0.05) is 57.3 Å². The van der Waals surface area contributed by atoms with Gasteiger partial charge in [0.15, 0.2) is 0 Å². The molecule has 0 aliphatic carbocycles. The van der Waals surface area contributed by atoms with Crippen LogP contribution in [0.2, 0.25) is 0 Å². The molecule has 0 aliphatic heterocycles. The lowest BCUT2D eigenvalue weighted by Crippen LogP contribution is -2.04. The first-order valence-corrected chi connectivity index (χ1v) is 8.39. The molecule has 0 aromatic heterocycles. The number of carbonyl (C=O) groups is 1. The fourth-order valence-electron chi connectivity index (χ4n) is 2.18. The van der Waals surface area contributed by atoms with Crippen LogP contribution < -0.4 is 0 Å². The van der Waals surface area contributed by atoms with Gasteiger partial charge in [0.2, 0.25) is 0 Å². The molecule has 0 aromatic rings. The Labute approximate surface area is 129 Å². The Balaban J connectivity index is 3.33. The molecule has 0 aliphatic rings. The Morgan fingerprint density at radius 1 is 0.952 bits per heavy atom. The van der Waals surface area contributed by atoms with Crippen molar-refractivity contribution < 1.29 is 15.0 Å². The van der Waals surface area contributed by atoms with E-state index in [1.165, 1.54) is 25.3 Å². The first-order chi connectivity index (χ1) is 10.2. The van der Waals surface area contributed by atoms with Crippen LogP contribution in [0.15, 0.2) is 24.3 Å². The lowest BCUT2D eigenvalue weighted by atomic mass is 10.1. The molecule has 0 saturated carbocycles. The summed E-state index contributed by atoms with van der Waals surface area (Å²) in [6, 6.07) is 0. The van der Waals surface area contributed by atoms with E-state index in [0.29, 0.717) is 0 Å². The molecule has 21 heavy (non-hydrogen) atoms. The largest absolute Gasteiger partial charge is 0.478 e. The molecule has 2 N–H and O–H groups in total. The van der Waals surface area contributed by atoms with Crippen molar-refractivity contribution in [3.8, 4) is 0 Å². The van der Waals surface area contributed by atoms with E-state index in [9.17, 15) is 9.90 Å². The van der Waals surface area contributed by atoms with Crippen molar-refractivity contribution in [3.63, 3.8) is 0 Å². The van der Waals surface area contributed by atoms with E-state index >= 15 is 0 Å². The fourth-order valence-corrected chi connectivity index (χ4v) is 2.18. The summed E-state index contributed by atoms with van der Waals surface area (Å²) in [5, 5.41) is 18.2. The average Bonchev–Trinajstić information content (AvgIpc) is 2.45. The minimum atomic E-state index is -0.869. The lowest BCUT2D eigenvalue weighted by molar-refractivity contribution is -0.131. The van der Waals surface area contributed by atoms with Crippen LogP contribution in [-0.2, 0) is 4.79 Å². The second-order valence-electron chi connectivity index (χ2n) is 5.59. The molecule has 122 valence electrons. The number of unbranched alkanes of at least 4 members (excludes halogenated alkanes) is 7. The molecule has 0 unspecified atom stereocenters. The number of hydrogen-bond donors (Lipinski definition) is 2. The number of aliphatic carboxylic acids is 1. The molecule has 0 rings (SSSR count). The van der Waals surface area contributed by atoms with Crippen molar-refractivity contribution in [3.05, 3.63) is 24.3 Å². The van der Waals surface area contributed by atoms with Crippen molar-refractivity contribution in [1.29, 1.82) is 0 Å². The monoisotopic (exact) mass is 296 g/mol. The highest BCUT2D eigenvalue weighted by atomic mass is 16.4. The zero-order chi connectivity index (χ0) is 15.8. The molecule has 0 bridgehead atoms. The van der Waals surface area contributed by atoms with Gasteiger partial charge in [-0.15, -0.1) is 0 Å². The molecule has 0 amide bonds. The maximum Gasteiger partial charge on any atom is 0.327 e. The van der Waals surface area contributed by atoms with Gasteiger partial charge in [0, 0.05) is 6.08 Å². The standard InChI is InChI=1S/C18H32O3/c1-2-3-4-11-14-17(19)15-12-9-7-5-6-8-10-13-16-18(20)21/h9,12-13,16-17,19H,2-8,10-11,14-15H2,1H3,(H,20,21)/t17-/m1/s1. The first kappa shape index (κ1) is 19.9. The van der Waals surface area contributed by atoms with Crippen LogP contribution >= 0.6 is 0 Å². The van der Waals surface area contributed by atoms with Crippen molar-refractivity contribution >= 4 is 5.97 Å². The van der Waals surface area contributed by atoms with Crippen LogP contribution in [0, 0.1) is 0 Å². The van der Waals surface area contributed by atoms with Gasteiger partial charge in [0.05, 0.1) is 6.10 Å². The highest BCUT2D eigenvalue weighted by Crippen LogP contribution is 2.09. The van der Waals surface area contributed by atoms with Gasteiger partial charge in [-0.2, -0.15) is 0 Å². The van der Waals surface area contributed by atoms with Gasteiger partial charge < -0.3 is 10.2 Å². The van der Waals surface area contributed by atoms with E-state index in [0.717, 1.165) is 51.4 Å². The van der Waals surface area contributed by atoms with E-state index in [-0.39, 0.29) is 6.10 Å². The van der Waals surface area contributed by atoms with E-state index in [1.807, 2.05) is 0 Å². The Bertz CT molecular complexity index is 295. The number of allylic oxidation sites excluding steroid dienone is 2. The molecule has 0 aromatic carbocycles. The Hall–Kier alpha value is -1.09. The van der Waals surface area contributed by atoms with Crippen molar-refractivity contribution in [2.45, 2.75) is 83.7 Å². The normalized spacial score (nSPS) is 13.2. The van der Waals surface area contributed by atoms with Gasteiger partial charge >= 0.3 is 5.97 Å². The molecule has 1 atom stereocenters. The zero-order valence-electron chi connectivity index (χ0n) is 13.5. The highest BCUT2D eigenvalue weighted by Gasteiger charge is 2.00. The minimum absolute atomic E-state index is 0.181. The van der Waals surface area contributed by atoms with Crippen LogP contribution in [0.4, 0.5) is 0 Å². The number of rotatable bonds is 14. The van der Waals surface area contributed by atoms with E-state index in [4.69, 9.17) is 5.11 Å². The summed E-state index contributed by atoms with van der Waals surface area (Å²) in [5.41, 5.74) is 0. The third-order valence-corrected chi connectivity index (χ3v) is 3.47. The summed E-state index contributed by atoms with van der Waals surface area (Å²) < 4.78 is 0. The van der Waals surface area contributed by atoms with Gasteiger partial charge in [0.1, 0.15) is 0 Å². The van der Waals surface area contributed by atoms with Crippen molar-refractivity contribution in [2.75, 3.05) is 0 Å². The Kier molecular flexibility index (Phi) is 14.5. The van der Waals surface area contributed by atoms with E-state index in [1.54, 1.807) is 6.08 Å². The SMILES string of the molecule is CCCCCC[C@@H](O)CC=CCCCCCC=CC(=O)O. The predicted octanol–water partition coefficient (Wildman–Crippen LogP) is 4.86. The lowest BCUT2D eigenvalue weighted by Gasteiger charge is -2.06. The van der Waals surface area contributed by atoms with Crippen LogP contribution in [0.1, 0.15) is 77.6 Å².